The molecule has 2 heterocycles. The first-order valence-electron chi connectivity index (χ1n) is 9.62. The summed E-state index contributed by atoms with van der Waals surface area (Å²) >= 11 is 0. The second-order valence-electron chi connectivity index (χ2n) is 7.01. The third-order valence-corrected chi connectivity index (χ3v) is 4.63. The molecule has 0 aliphatic carbocycles. The number of carboxylic acid groups (broad SMARTS) is 1. The molecule has 0 unspecified atom stereocenters. The molecule has 154 valence electrons. The second-order valence-corrected chi connectivity index (χ2v) is 7.01. The van der Waals surface area contributed by atoms with Crippen LogP contribution in [0.2, 0.25) is 0 Å². The summed E-state index contributed by atoms with van der Waals surface area (Å²) in [5, 5.41) is 13.0. The Morgan fingerprint density at radius 1 is 1.03 bits per heavy atom. The van der Waals surface area contributed by atoms with Crippen molar-refractivity contribution in [3.63, 3.8) is 0 Å². The standard InChI is InChI=1S/C24H20N4O3/c1-15-11-18(6-9-22(15)31-19-7-3-16(2)25-13-19)28-24-20-12-17(5-10-23(29)30)4-8-21(20)26-14-27-24/h3-14H,1-2H3,(H,29,30)(H,26,27,28)/b10-5+. The Balaban J connectivity index is 1.59. The van der Waals surface area contributed by atoms with Crippen LogP contribution in [-0.2, 0) is 4.79 Å². The van der Waals surface area contributed by atoms with Crippen molar-refractivity contribution in [2.24, 2.45) is 0 Å². The van der Waals surface area contributed by atoms with Gasteiger partial charge in [-0.05, 0) is 73.5 Å². The fourth-order valence-electron chi connectivity index (χ4n) is 3.07. The van der Waals surface area contributed by atoms with Gasteiger partial charge in [0.15, 0.2) is 0 Å². The summed E-state index contributed by atoms with van der Waals surface area (Å²) in [6.07, 6.45) is 5.83. The van der Waals surface area contributed by atoms with Gasteiger partial charge in [-0.2, -0.15) is 0 Å². The van der Waals surface area contributed by atoms with E-state index in [9.17, 15) is 4.79 Å². The molecule has 0 aliphatic rings. The minimum Gasteiger partial charge on any atom is -0.478 e. The van der Waals surface area contributed by atoms with E-state index in [4.69, 9.17) is 9.84 Å². The molecule has 2 aromatic carbocycles. The summed E-state index contributed by atoms with van der Waals surface area (Å²) < 4.78 is 5.93. The van der Waals surface area contributed by atoms with E-state index in [1.54, 1.807) is 6.20 Å². The average molecular weight is 412 g/mol. The summed E-state index contributed by atoms with van der Waals surface area (Å²) in [7, 11) is 0. The average Bonchev–Trinajstić information content (AvgIpc) is 2.76. The fraction of sp³-hybridized carbons (Fsp3) is 0.0833. The predicted octanol–water partition coefficient (Wildman–Crippen LogP) is 5.28. The molecule has 0 aliphatic heterocycles. The van der Waals surface area contributed by atoms with Crippen LogP contribution >= 0.6 is 0 Å². The van der Waals surface area contributed by atoms with Gasteiger partial charge >= 0.3 is 5.97 Å². The number of fused-ring (bicyclic) bond motifs is 1. The van der Waals surface area contributed by atoms with Crippen LogP contribution in [0.3, 0.4) is 0 Å². The molecule has 0 radical (unpaired) electrons. The van der Waals surface area contributed by atoms with Crippen molar-refractivity contribution >= 4 is 34.5 Å². The maximum atomic E-state index is 10.8. The third-order valence-electron chi connectivity index (χ3n) is 4.63. The minimum absolute atomic E-state index is 0.631. The smallest absolute Gasteiger partial charge is 0.328 e. The lowest BCUT2D eigenvalue weighted by Crippen LogP contribution is -1.97. The van der Waals surface area contributed by atoms with E-state index in [2.05, 4.69) is 20.3 Å². The van der Waals surface area contributed by atoms with Gasteiger partial charge in [0.25, 0.3) is 0 Å². The number of aromatic nitrogens is 3. The molecule has 0 fully saturated rings. The molecule has 7 heteroatoms. The van der Waals surface area contributed by atoms with E-state index in [1.165, 1.54) is 12.4 Å². The van der Waals surface area contributed by atoms with E-state index >= 15 is 0 Å². The van der Waals surface area contributed by atoms with Crippen molar-refractivity contribution in [1.29, 1.82) is 0 Å². The van der Waals surface area contributed by atoms with E-state index in [0.717, 1.165) is 45.2 Å². The van der Waals surface area contributed by atoms with Gasteiger partial charge in [-0.15, -0.1) is 0 Å². The van der Waals surface area contributed by atoms with Crippen LogP contribution in [0, 0.1) is 13.8 Å². The van der Waals surface area contributed by atoms with Crippen LogP contribution < -0.4 is 10.1 Å². The number of ether oxygens (including phenoxy) is 1. The van der Waals surface area contributed by atoms with Gasteiger partial charge in [0.2, 0.25) is 0 Å². The van der Waals surface area contributed by atoms with Crippen LogP contribution in [0.5, 0.6) is 11.5 Å². The zero-order chi connectivity index (χ0) is 21.8. The van der Waals surface area contributed by atoms with Gasteiger partial charge in [-0.25, -0.2) is 14.8 Å². The van der Waals surface area contributed by atoms with Gasteiger partial charge in [0.05, 0.1) is 11.7 Å². The van der Waals surface area contributed by atoms with Crippen molar-refractivity contribution in [2.75, 3.05) is 5.32 Å². The van der Waals surface area contributed by atoms with Crippen LogP contribution in [0.4, 0.5) is 11.5 Å². The minimum atomic E-state index is -0.998. The molecule has 0 spiro atoms. The molecule has 2 N–H and O–H groups in total. The summed E-state index contributed by atoms with van der Waals surface area (Å²) in [5.74, 6) is 1.05. The van der Waals surface area contributed by atoms with Gasteiger partial charge in [-0.1, -0.05) is 6.07 Å². The molecule has 0 bridgehead atoms. The lowest BCUT2D eigenvalue weighted by Gasteiger charge is -2.12. The molecule has 7 nitrogen and oxygen atoms in total. The summed E-state index contributed by atoms with van der Waals surface area (Å²) in [6.45, 7) is 3.90. The molecule has 0 saturated heterocycles. The van der Waals surface area contributed by atoms with Gasteiger partial charge in [0, 0.05) is 22.8 Å². The van der Waals surface area contributed by atoms with E-state index in [-0.39, 0.29) is 0 Å². The Kier molecular flexibility index (Phi) is 5.57. The Morgan fingerprint density at radius 2 is 1.90 bits per heavy atom. The maximum absolute atomic E-state index is 10.8. The first-order valence-corrected chi connectivity index (χ1v) is 9.62. The number of aryl methyl sites for hydroxylation is 2. The molecule has 31 heavy (non-hydrogen) atoms. The topological polar surface area (TPSA) is 97.2 Å². The zero-order valence-electron chi connectivity index (χ0n) is 17.0. The van der Waals surface area contributed by atoms with Crippen LogP contribution in [0.15, 0.2) is 67.1 Å². The number of anilines is 2. The Labute approximate surface area is 179 Å². The molecule has 0 amide bonds. The summed E-state index contributed by atoms with van der Waals surface area (Å²) in [4.78, 5) is 23.7. The highest BCUT2D eigenvalue weighted by molar-refractivity contribution is 5.93. The van der Waals surface area contributed by atoms with Gasteiger partial charge in [0.1, 0.15) is 23.6 Å². The molecule has 0 saturated carbocycles. The van der Waals surface area contributed by atoms with Crippen molar-refractivity contribution in [2.45, 2.75) is 13.8 Å². The fourth-order valence-corrected chi connectivity index (χ4v) is 3.07. The van der Waals surface area contributed by atoms with Crippen LogP contribution in [0.25, 0.3) is 17.0 Å². The number of hydrogen-bond donors (Lipinski definition) is 2. The number of carboxylic acids is 1. The number of nitrogens with zero attached hydrogens (tertiary/aromatic N) is 3. The lowest BCUT2D eigenvalue weighted by atomic mass is 10.1. The highest BCUT2D eigenvalue weighted by Gasteiger charge is 2.08. The summed E-state index contributed by atoms with van der Waals surface area (Å²) in [5.41, 5.74) is 4.24. The molecule has 4 rings (SSSR count). The zero-order valence-corrected chi connectivity index (χ0v) is 17.0. The Morgan fingerprint density at radius 3 is 2.65 bits per heavy atom. The maximum Gasteiger partial charge on any atom is 0.328 e. The molecule has 0 atom stereocenters. The molecule has 2 aromatic heterocycles. The molecule has 4 aromatic rings. The van der Waals surface area contributed by atoms with Crippen molar-refractivity contribution in [3.05, 3.63) is 84.0 Å². The highest BCUT2D eigenvalue weighted by Crippen LogP contribution is 2.30. The van der Waals surface area contributed by atoms with Crippen LogP contribution in [-0.4, -0.2) is 26.0 Å². The van der Waals surface area contributed by atoms with Gasteiger partial charge in [-0.3, -0.25) is 4.98 Å². The first kappa shape index (κ1) is 20.0. The van der Waals surface area contributed by atoms with Gasteiger partial charge < -0.3 is 15.2 Å². The normalized spacial score (nSPS) is 11.0. The van der Waals surface area contributed by atoms with Crippen LogP contribution in [0.1, 0.15) is 16.8 Å². The van der Waals surface area contributed by atoms with E-state index in [0.29, 0.717) is 11.6 Å². The monoisotopic (exact) mass is 412 g/mol. The quantitative estimate of drug-likeness (QED) is 0.416. The van der Waals surface area contributed by atoms with Crippen molar-refractivity contribution in [3.8, 4) is 11.5 Å². The number of rotatable bonds is 6. The first-order chi connectivity index (χ1) is 15.0. The Hall–Kier alpha value is -4.26. The highest BCUT2D eigenvalue weighted by atomic mass is 16.5. The third kappa shape index (κ3) is 4.84. The predicted molar refractivity (Wildman–Crippen MR) is 120 cm³/mol. The lowest BCUT2D eigenvalue weighted by molar-refractivity contribution is -0.131. The number of nitrogens with one attached hydrogen (secondary N) is 1. The molecular weight excluding hydrogens is 392 g/mol. The van der Waals surface area contributed by atoms with E-state index < -0.39 is 5.97 Å². The molecular formula is C24H20N4O3. The Bertz CT molecular complexity index is 1280. The number of carbonyl (C=O) groups is 1. The number of aliphatic carboxylic acids is 1. The number of pyridine rings is 1. The summed E-state index contributed by atoms with van der Waals surface area (Å²) in [6, 6.07) is 15.1. The second kappa shape index (κ2) is 8.62. The van der Waals surface area contributed by atoms with E-state index in [1.807, 2.05) is 62.4 Å². The number of hydrogen-bond acceptors (Lipinski definition) is 6. The van der Waals surface area contributed by atoms with Crippen molar-refractivity contribution < 1.29 is 14.6 Å². The van der Waals surface area contributed by atoms with Crippen molar-refractivity contribution in [1.82, 2.24) is 15.0 Å². The SMILES string of the molecule is Cc1ccc(Oc2ccc(Nc3ncnc4ccc(/C=C/C(=O)O)cc34)cc2C)cn1. The largest absolute Gasteiger partial charge is 0.478 e. The number of benzene rings is 2.